The molecule has 1 unspecified atom stereocenters. The van der Waals surface area contributed by atoms with Crippen LogP contribution in [0.1, 0.15) is 56.3 Å². The molecule has 0 fully saturated rings. The molecule has 0 radical (unpaired) electrons. The number of nitrogens with one attached hydrogen (secondary N) is 1. The largest absolute Gasteiger partial charge is 0.490 e. The summed E-state index contributed by atoms with van der Waals surface area (Å²) in [6.07, 6.45) is 1.74. The minimum absolute atomic E-state index is 0.358. The van der Waals surface area contributed by atoms with Gasteiger partial charge in [-0.25, -0.2) is 4.79 Å². The molecule has 0 bridgehead atoms. The molecule has 35 heavy (non-hydrogen) atoms. The number of aryl methyl sites for hydroxylation is 1. The van der Waals surface area contributed by atoms with Gasteiger partial charge >= 0.3 is 5.97 Å². The van der Waals surface area contributed by atoms with Crippen LogP contribution in [0.4, 0.5) is 5.95 Å². The SMILES string of the molecule is CCCCOC(=O)C1=C(C)Nc2nnnn2C1c1ccc(OCc2cccc(C)c2)c(OCC)c1. The molecular weight excluding hydrogens is 446 g/mol. The lowest BCUT2D eigenvalue weighted by Gasteiger charge is -2.28. The number of anilines is 1. The van der Waals surface area contributed by atoms with Gasteiger partial charge in [0.25, 0.3) is 0 Å². The zero-order chi connectivity index (χ0) is 24.8. The number of benzene rings is 2. The van der Waals surface area contributed by atoms with Gasteiger partial charge in [0, 0.05) is 5.70 Å². The van der Waals surface area contributed by atoms with Gasteiger partial charge in [0.05, 0.1) is 18.8 Å². The van der Waals surface area contributed by atoms with Gasteiger partial charge in [0.2, 0.25) is 5.95 Å². The molecule has 1 N–H and O–H groups in total. The maximum atomic E-state index is 13.1. The number of carbonyl (C=O) groups excluding carboxylic acids is 1. The van der Waals surface area contributed by atoms with Crippen molar-refractivity contribution in [2.24, 2.45) is 0 Å². The Hall–Kier alpha value is -3.88. The van der Waals surface area contributed by atoms with E-state index < -0.39 is 12.0 Å². The molecule has 9 nitrogen and oxygen atoms in total. The smallest absolute Gasteiger partial charge is 0.338 e. The fraction of sp³-hybridized carbons (Fsp3) is 0.385. The second-order valence-electron chi connectivity index (χ2n) is 8.42. The van der Waals surface area contributed by atoms with Gasteiger partial charge < -0.3 is 19.5 Å². The van der Waals surface area contributed by atoms with Crippen molar-refractivity contribution in [1.82, 2.24) is 20.2 Å². The molecular formula is C26H31N5O4. The molecule has 1 aliphatic rings. The highest BCUT2D eigenvalue weighted by molar-refractivity contribution is 5.92. The lowest BCUT2D eigenvalue weighted by Crippen LogP contribution is -2.30. The Morgan fingerprint density at radius 3 is 2.71 bits per heavy atom. The molecule has 9 heteroatoms. The van der Waals surface area contributed by atoms with E-state index in [9.17, 15) is 4.79 Å². The third-order valence-electron chi connectivity index (χ3n) is 5.73. The molecule has 0 saturated carbocycles. The molecule has 1 atom stereocenters. The molecule has 0 spiro atoms. The van der Waals surface area contributed by atoms with Crippen molar-refractivity contribution < 1.29 is 19.0 Å². The standard InChI is InChI=1S/C26H31N5O4/c1-5-7-13-34-25(32)23-18(4)27-26-28-29-30-31(26)24(23)20-11-12-21(22(15-20)33-6-2)35-16-19-10-8-9-17(3)14-19/h8-12,14-15,24H,5-7,13,16H2,1-4H3,(H,27,28,30). The summed E-state index contributed by atoms with van der Waals surface area (Å²) in [5.74, 6) is 1.26. The van der Waals surface area contributed by atoms with Gasteiger partial charge in [-0.2, -0.15) is 4.68 Å². The van der Waals surface area contributed by atoms with Crippen LogP contribution < -0.4 is 14.8 Å². The monoisotopic (exact) mass is 477 g/mol. The molecule has 1 aliphatic heterocycles. The van der Waals surface area contributed by atoms with Crippen molar-refractivity contribution in [3.05, 3.63) is 70.4 Å². The summed E-state index contributed by atoms with van der Waals surface area (Å²) in [6.45, 7) is 9.08. The summed E-state index contributed by atoms with van der Waals surface area (Å²) in [7, 11) is 0. The number of allylic oxidation sites excluding steroid dienone is 1. The van der Waals surface area contributed by atoms with Crippen molar-refractivity contribution in [1.29, 1.82) is 0 Å². The Morgan fingerprint density at radius 1 is 1.09 bits per heavy atom. The Kier molecular flexibility index (Phi) is 7.64. The first-order valence-electron chi connectivity index (χ1n) is 11.9. The van der Waals surface area contributed by atoms with E-state index in [2.05, 4.69) is 46.8 Å². The second-order valence-corrected chi connectivity index (χ2v) is 8.42. The van der Waals surface area contributed by atoms with Gasteiger partial charge in [0.1, 0.15) is 12.6 Å². The number of aromatic nitrogens is 4. The summed E-state index contributed by atoms with van der Waals surface area (Å²) in [5.41, 5.74) is 4.14. The normalized spacial score (nSPS) is 14.8. The van der Waals surface area contributed by atoms with Crippen LogP contribution in [0.15, 0.2) is 53.7 Å². The first-order chi connectivity index (χ1) is 17.0. The Morgan fingerprint density at radius 2 is 1.94 bits per heavy atom. The molecule has 0 amide bonds. The van der Waals surface area contributed by atoms with Gasteiger partial charge in [-0.1, -0.05) is 54.3 Å². The first kappa shape index (κ1) is 24.3. The zero-order valence-corrected chi connectivity index (χ0v) is 20.6. The number of nitrogens with zero attached hydrogens (tertiary/aromatic N) is 4. The van der Waals surface area contributed by atoms with Crippen LogP contribution in [0.2, 0.25) is 0 Å². The van der Waals surface area contributed by atoms with Gasteiger partial charge in [-0.3, -0.25) is 0 Å². The minimum atomic E-state index is -0.569. The zero-order valence-electron chi connectivity index (χ0n) is 20.6. The van der Waals surface area contributed by atoms with Crippen LogP contribution in [0, 0.1) is 6.92 Å². The van der Waals surface area contributed by atoms with Crippen LogP contribution in [-0.4, -0.2) is 39.4 Å². The van der Waals surface area contributed by atoms with Crippen molar-refractivity contribution in [3.63, 3.8) is 0 Å². The van der Waals surface area contributed by atoms with E-state index in [-0.39, 0.29) is 0 Å². The number of unbranched alkanes of at least 4 members (excludes halogenated alkanes) is 1. The number of ether oxygens (including phenoxy) is 3. The van der Waals surface area contributed by atoms with Crippen molar-refractivity contribution >= 4 is 11.9 Å². The van der Waals surface area contributed by atoms with E-state index in [1.165, 1.54) is 5.56 Å². The van der Waals surface area contributed by atoms with Crippen LogP contribution in [0.3, 0.4) is 0 Å². The molecule has 3 aromatic rings. The van der Waals surface area contributed by atoms with Crippen LogP contribution in [-0.2, 0) is 16.1 Å². The Balaban J connectivity index is 1.66. The summed E-state index contributed by atoms with van der Waals surface area (Å²) in [6, 6.07) is 13.3. The lowest BCUT2D eigenvalue weighted by molar-refractivity contribution is -0.139. The average molecular weight is 478 g/mol. The van der Waals surface area contributed by atoms with E-state index in [0.29, 0.717) is 48.5 Å². The van der Waals surface area contributed by atoms with Crippen LogP contribution in [0.5, 0.6) is 11.5 Å². The molecule has 2 aromatic carbocycles. The molecule has 2 heterocycles. The maximum absolute atomic E-state index is 13.1. The number of esters is 1. The van der Waals surface area contributed by atoms with E-state index in [0.717, 1.165) is 24.0 Å². The molecule has 0 aliphatic carbocycles. The topological polar surface area (TPSA) is 100 Å². The minimum Gasteiger partial charge on any atom is -0.490 e. The maximum Gasteiger partial charge on any atom is 0.338 e. The van der Waals surface area contributed by atoms with Gasteiger partial charge in [-0.15, -0.1) is 0 Å². The highest BCUT2D eigenvalue weighted by Crippen LogP contribution is 2.39. The van der Waals surface area contributed by atoms with E-state index >= 15 is 0 Å². The number of carbonyl (C=O) groups is 1. The molecule has 1 aromatic heterocycles. The Labute approximate surface area is 205 Å². The van der Waals surface area contributed by atoms with E-state index in [4.69, 9.17) is 14.2 Å². The fourth-order valence-electron chi connectivity index (χ4n) is 4.02. The lowest BCUT2D eigenvalue weighted by atomic mass is 9.95. The van der Waals surface area contributed by atoms with Crippen molar-refractivity contribution in [3.8, 4) is 11.5 Å². The number of rotatable bonds is 10. The van der Waals surface area contributed by atoms with Crippen LogP contribution in [0.25, 0.3) is 0 Å². The molecule has 0 saturated heterocycles. The first-order valence-corrected chi connectivity index (χ1v) is 11.9. The van der Waals surface area contributed by atoms with Gasteiger partial charge in [0.15, 0.2) is 11.5 Å². The summed E-state index contributed by atoms with van der Waals surface area (Å²) in [4.78, 5) is 13.1. The highest BCUT2D eigenvalue weighted by atomic mass is 16.5. The summed E-state index contributed by atoms with van der Waals surface area (Å²) >= 11 is 0. The number of tetrazole rings is 1. The summed E-state index contributed by atoms with van der Waals surface area (Å²) in [5, 5.41) is 15.1. The van der Waals surface area contributed by atoms with E-state index in [1.807, 2.05) is 44.2 Å². The molecule has 184 valence electrons. The highest BCUT2D eigenvalue weighted by Gasteiger charge is 2.35. The average Bonchev–Trinajstić information content (AvgIpc) is 3.30. The predicted octanol–water partition coefficient (Wildman–Crippen LogP) is 4.59. The van der Waals surface area contributed by atoms with Crippen molar-refractivity contribution in [2.45, 2.75) is 53.2 Å². The Bertz CT molecular complexity index is 1220. The number of fused-ring (bicyclic) bond motifs is 1. The third-order valence-corrected chi connectivity index (χ3v) is 5.73. The fourth-order valence-corrected chi connectivity index (χ4v) is 4.02. The van der Waals surface area contributed by atoms with Crippen LogP contribution >= 0.6 is 0 Å². The van der Waals surface area contributed by atoms with Crippen molar-refractivity contribution in [2.75, 3.05) is 18.5 Å². The number of hydrogen-bond acceptors (Lipinski definition) is 8. The second kappa shape index (κ2) is 11.0. The quantitative estimate of drug-likeness (QED) is 0.334. The third kappa shape index (κ3) is 5.45. The molecule has 4 rings (SSSR count). The number of hydrogen-bond donors (Lipinski definition) is 1. The van der Waals surface area contributed by atoms with Gasteiger partial charge in [-0.05, 0) is 60.9 Å². The van der Waals surface area contributed by atoms with E-state index in [1.54, 1.807) is 4.68 Å². The predicted molar refractivity (Wildman–Crippen MR) is 131 cm³/mol. The summed E-state index contributed by atoms with van der Waals surface area (Å²) < 4.78 is 19.2.